The highest BCUT2D eigenvalue weighted by Crippen LogP contribution is 2.40. The topological polar surface area (TPSA) is 13.1 Å². The van der Waals surface area contributed by atoms with Crippen LogP contribution in [0.2, 0.25) is 0 Å². The minimum Gasteiger partial charge on any atom is -0.495 e. The lowest BCUT2D eigenvalue weighted by Gasteiger charge is -2.18. The van der Waals surface area contributed by atoms with E-state index in [1.54, 1.807) is 13.2 Å². The molecule has 0 saturated heterocycles. The van der Waals surface area contributed by atoms with E-state index in [-0.39, 0.29) is 0 Å². The fraction of sp³-hybridized carbons (Fsp3) is 0.235. The van der Waals surface area contributed by atoms with Crippen molar-refractivity contribution in [3.05, 3.63) is 176 Å². The molecule has 0 bridgehead atoms. The number of benzene rings is 4. The highest BCUT2D eigenvalue weighted by atomic mass is 16.5. The molecule has 5 rings (SSSR count). The summed E-state index contributed by atoms with van der Waals surface area (Å²) in [5, 5.41) is 0. The van der Waals surface area contributed by atoms with Gasteiger partial charge in [-0.25, -0.2) is 0 Å². The Morgan fingerprint density at radius 3 is 1.55 bits per heavy atom. The van der Waals surface area contributed by atoms with Crippen molar-refractivity contribution >= 4 is 11.1 Å². The number of allylic oxidation sites excluding steroid dienone is 9. The molecule has 0 fully saturated rings. The second-order valence-electron chi connectivity index (χ2n) is 10.6. The zero-order valence-electron chi connectivity index (χ0n) is 34.6. The first-order valence-corrected chi connectivity index (χ1v) is 19.4. The van der Waals surface area contributed by atoms with E-state index in [0.717, 1.165) is 61.8 Å². The smallest absolute Gasteiger partial charge is 0.219 e. The number of hydrogen-bond acceptors (Lipinski definition) is 1. The van der Waals surface area contributed by atoms with Crippen LogP contribution in [0.5, 0.6) is 5.75 Å². The van der Waals surface area contributed by atoms with E-state index in [4.69, 9.17) is 4.74 Å². The lowest BCUT2D eigenvalue weighted by molar-refractivity contribution is -0.586. The Morgan fingerprint density at radius 1 is 0.566 bits per heavy atom. The van der Waals surface area contributed by atoms with Gasteiger partial charge in [-0.05, 0) is 55.2 Å². The monoisotopic (exact) mass is 706 g/mol. The molecule has 0 saturated carbocycles. The Bertz CT molecular complexity index is 1890. The summed E-state index contributed by atoms with van der Waals surface area (Å²) >= 11 is 0. The van der Waals surface area contributed by atoms with Crippen molar-refractivity contribution in [2.75, 3.05) is 7.11 Å². The predicted octanol–water partition coefficient (Wildman–Crippen LogP) is 15.2. The third-order valence-electron chi connectivity index (χ3n) is 7.85. The Labute approximate surface area is 323 Å². The Hall–Kier alpha value is -5.47. The number of rotatable bonds is 10. The summed E-state index contributed by atoms with van der Waals surface area (Å²) in [5.74, 6) is 0.829. The lowest BCUT2D eigenvalue weighted by Crippen LogP contribution is -2.38. The second-order valence-corrected chi connectivity index (χ2v) is 10.6. The van der Waals surface area contributed by atoms with Crippen LogP contribution in [0, 0.1) is 0 Å². The third kappa shape index (κ3) is 12.0. The zero-order chi connectivity index (χ0) is 39.6. The van der Waals surface area contributed by atoms with E-state index < -0.39 is 0 Å². The summed E-state index contributed by atoms with van der Waals surface area (Å²) in [7, 11) is 1.75. The standard InChI is InChI=1S/C43H40NO.4C2H6/c1-6-10-21-32(8-3)39-30-38(31-40(43(39)45-5)35-24-16-12-17-25-35)44-41(33(9-4)20-7-2)28-37(34-22-14-11-15-23-34)29-42(44)36-26-18-13-19-27-36;4*1-2/h6-31H,1H2,2-5H3;4*1-2H3/q+1;;;;/b20-7-,21-10-,32-8+,33-9+;;;;. The van der Waals surface area contributed by atoms with Gasteiger partial charge in [-0.3, -0.25) is 0 Å². The molecule has 2 heteroatoms. The molecule has 0 aliphatic carbocycles. The van der Waals surface area contributed by atoms with Gasteiger partial charge in [0.1, 0.15) is 5.75 Å². The molecule has 0 aliphatic rings. The molecule has 5 aromatic rings. The molecule has 0 unspecified atom stereocenters. The van der Waals surface area contributed by atoms with Crippen LogP contribution in [0.15, 0.2) is 164 Å². The van der Waals surface area contributed by atoms with Gasteiger partial charge < -0.3 is 4.74 Å². The normalized spacial score (nSPS) is 10.8. The van der Waals surface area contributed by atoms with E-state index in [1.165, 1.54) is 5.56 Å². The summed E-state index contributed by atoms with van der Waals surface area (Å²) in [6.07, 6.45) is 14.4. The summed E-state index contributed by atoms with van der Waals surface area (Å²) < 4.78 is 8.57. The van der Waals surface area contributed by atoms with E-state index in [1.807, 2.05) is 67.5 Å². The van der Waals surface area contributed by atoms with Crippen LogP contribution in [0.1, 0.15) is 87.4 Å². The summed E-state index contributed by atoms with van der Waals surface area (Å²) in [6.45, 7) is 26.1. The van der Waals surface area contributed by atoms with Crippen molar-refractivity contribution in [2.24, 2.45) is 0 Å². The molecule has 0 radical (unpaired) electrons. The van der Waals surface area contributed by atoms with Crippen LogP contribution in [-0.4, -0.2) is 7.11 Å². The Morgan fingerprint density at radius 2 is 1.08 bits per heavy atom. The molecule has 0 N–H and O–H groups in total. The van der Waals surface area contributed by atoms with Gasteiger partial charge in [0, 0.05) is 46.5 Å². The van der Waals surface area contributed by atoms with Crippen molar-refractivity contribution in [3.63, 3.8) is 0 Å². The van der Waals surface area contributed by atoms with Crippen LogP contribution in [0.4, 0.5) is 0 Å². The molecule has 0 spiro atoms. The van der Waals surface area contributed by atoms with Gasteiger partial charge in [0.2, 0.25) is 17.1 Å². The molecule has 4 aromatic carbocycles. The van der Waals surface area contributed by atoms with E-state index in [0.29, 0.717) is 0 Å². The molecular formula is C51H64NO+. The zero-order valence-corrected chi connectivity index (χ0v) is 34.6. The van der Waals surface area contributed by atoms with Gasteiger partial charge >= 0.3 is 0 Å². The van der Waals surface area contributed by atoms with Crippen LogP contribution in [-0.2, 0) is 0 Å². The molecule has 1 aromatic heterocycles. The molecule has 278 valence electrons. The Balaban J connectivity index is 0.00000164. The molecule has 0 atom stereocenters. The molecule has 53 heavy (non-hydrogen) atoms. The van der Waals surface area contributed by atoms with Crippen molar-refractivity contribution in [1.29, 1.82) is 0 Å². The number of aromatic nitrogens is 1. The maximum atomic E-state index is 6.18. The third-order valence-corrected chi connectivity index (χ3v) is 7.85. The van der Waals surface area contributed by atoms with Crippen LogP contribution in [0.25, 0.3) is 50.3 Å². The summed E-state index contributed by atoms with van der Waals surface area (Å²) in [4.78, 5) is 0. The fourth-order valence-electron chi connectivity index (χ4n) is 5.74. The first-order valence-electron chi connectivity index (χ1n) is 19.4. The fourth-order valence-corrected chi connectivity index (χ4v) is 5.74. The number of hydrogen-bond donors (Lipinski definition) is 0. The van der Waals surface area contributed by atoms with Crippen molar-refractivity contribution in [1.82, 2.24) is 0 Å². The Kier molecular flexibility index (Phi) is 22.6. The first kappa shape index (κ1) is 45.6. The number of nitrogens with zero attached hydrogens (tertiary/aromatic N) is 1. The van der Waals surface area contributed by atoms with E-state index in [2.05, 4.69) is 171 Å². The van der Waals surface area contributed by atoms with Crippen molar-refractivity contribution < 1.29 is 9.30 Å². The maximum Gasteiger partial charge on any atom is 0.219 e. The van der Waals surface area contributed by atoms with Gasteiger partial charge in [-0.15, -0.1) is 0 Å². The van der Waals surface area contributed by atoms with Gasteiger partial charge in [0.05, 0.1) is 7.11 Å². The quantitative estimate of drug-likeness (QED) is 0.104. The average molecular weight is 707 g/mol. The highest BCUT2D eigenvalue weighted by Gasteiger charge is 2.28. The van der Waals surface area contributed by atoms with Crippen LogP contribution >= 0.6 is 0 Å². The summed E-state index contributed by atoms with van der Waals surface area (Å²) in [6, 6.07) is 40.8. The van der Waals surface area contributed by atoms with Gasteiger partial charge in [0.25, 0.3) is 0 Å². The minimum absolute atomic E-state index is 0.829. The van der Waals surface area contributed by atoms with E-state index in [9.17, 15) is 0 Å². The number of ether oxygens (including phenoxy) is 1. The second kappa shape index (κ2) is 26.3. The number of methoxy groups -OCH3 is 1. The minimum atomic E-state index is 0.829. The van der Waals surface area contributed by atoms with Crippen molar-refractivity contribution in [3.8, 4) is 44.9 Å². The van der Waals surface area contributed by atoms with Gasteiger partial charge in [-0.1, -0.05) is 183 Å². The SMILES string of the molecule is C=C/C=C\C(=C/C)c1cc(-[n+]2c(C(/C=C\C)=C/C)cc(-c3ccccc3)cc2-c2ccccc2)cc(-c2ccccc2)c1OC.CC.CC.CC.CC. The first-order chi connectivity index (χ1) is 26.1. The molecular weight excluding hydrogens is 643 g/mol. The molecule has 1 heterocycles. The van der Waals surface area contributed by atoms with Gasteiger partial charge in [-0.2, -0.15) is 4.57 Å². The van der Waals surface area contributed by atoms with Crippen LogP contribution < -0.4 is 9.30 Å². The van der Waals surface area contributed by atoms with E-state index >= 15 is 0 Å². The lowest BCUT2D eigenvalue weighted by atomic mass is 9.94. The summed E-state index contributed by atoms with van der Waals surface area (Å²) in [5.41, 5.74) is 12.0. The van der Waals surface area contributed by atoms with Gasteiger partial charge in [0.15, 0.2) is 0 Å². The number of pyridine rings is 1. The maximum absolute atomic E-state index is 6.18. The van der Waals surface area contributed by atoms with Crippen molar-refractivity contribution in [2.45, 2.75) is 76.2 Å². The average Bonchev–Trinajstić information content (AvgIpc) is 3.26. The molecule has 2 nitrogen and oxygen atoms in total. The van der Waals surface area contributed by atoms with Crippen LogP contribution in [0.3, 0.4) is 0 Å². The molecule has 0 aliphatic heterocycles. The largest absolute Gasteiger partial charge is 0.495 e. The molecule has 0 amide bonds. The highest BCUT2D eigenvalue weighted by molar-refractivity contribution is 5.86. The predicted molar refractivity (Wildman–Crippen MR) is 238 cm³/mol.